The summed E-state index contributed by atoms with van der Waals surface area (Å²) >= 11 is 0. The molecule has 28 heavy (non-hydrogen) atoms. The van der Waals surface area contributed by atoms with Gasteiger partial charge in [0, 0.05) is 18.2 Å². The van der Waals surface area contributed by atoms with Gasteiger partial charge in [0.15, 0.2) is 0 Å². The topological polar surface area (TPSA) is 71.3 Å². The van der Waals surface area contributed by atoms with E-state index in [0.29, 0.717) is 23.8 Å². The molecule has 1 aliphatic rings. The van der Waals surface area contributed by atoms with Crippen LogP contribution in [0, 0.1) is 19.8 Å². The Bertz CT molecular complexity index is 847. The maximum absolute atomic E-state index is 12.8. The second-order valence-corrected chi connectivity index (χ2v) is 7.54. The summed E-state index contributed by atoms with van der Waals surface area (Å²) in [6.07, 6.45) is 9.11. The van der Waals surface area contributed by atoms with E-state index < -0.39 is 0 Å². The van der Waals surface area contributed by atoms with Gasteiger partial charge in [-0.1, -0.05) is 25.3 Å². The molecule has 0 bridgehead atoms. The Hall–Kier alpha value is -2.82. The van der Waals surface area contributed by atoms with Crippen LogP contribution in [-0.4, -0.2) is 18.4 Å². The molecule has 1 aromatic heterocycles. The van der Waals surface area contributed by atoms with Crippen LogP contribution < -0.4 is 10.6 Å². The SMILES string of the molecule is Cc1ccc(C(=O)NC(=Cc2ccco2)C(=O)NCC2CCCCC2)cc1C. The lowest BCUT2D eigenvalue weighted by molar-refractivity contribution is -0.118. The van der Waals surface area contributed by atoms with Crippen molar-refractivity contribution in [1.82, 2.24) is 10.6 Å². The van der Waals surface area contributed by atoms with E-state index in [1.807, 2.05) is 26.0 Å². The fraction of sp³-hybridized carbons (Fsp3) is 0.391. The van der Waals surface area contributed by atoms with E-state index in [4.69, 9.17) is 4.42 Å². The average Bonchev–Trinajstić information content (AvgIpc) is 3.21. The minimum absolute atomic E-state index is 0.189. The third-order valence-corrected chi connectivity index (χ3v) is 5.37. The number of rotatable bonds is 6. The Morgan fingerprint density at radius 3 is 2.57 bits per heavy atom. The molecule has 0 spiro atoms. The third kappa shape index (κ3) is 5.35. The zero-order valence-corrected chi connectivity index (χ0v) is 16.6. The maximum atomic E-state index is 12.8. The van der Waals surface area contributed by atoms with Crippen molar-refractivity contribution in [3.8, 4) is 0 Å². The number of hydrogen-bond donors (Lipinski definition) is 2. The van der Waals surface area contributed by atoms with Gasteiger partial charge >= 0.3 is 0 Å². The molecule has 1 aliphatic carbocycles. The Morgan fingerprint density at radius 1 is 1.11 bits per heavy atom. The molecular formula is C23H28N2O3. The molecule has 0 atom stereocenters. The Labute approximate surface area is 166 Å². The van der Waals surface area contributed by atoms with Gasteiger partial charge < -0.3 is 15.1 Å². The number of benzene rings is 1. The quantitative estimate of drug-likeness (QED) is 0.731. The van der Waals surface area contributed by atoms with Gasteiger partial charge in [-0.05, 0) is 68.0 Å². The van der Waals surface area contributed by atoms with E-state index in [0.717, 1.165) is 24.0 Å². The van der Waals surface area contributed by atoms with E-state index in [1.165, 1.54) is 25.5 Å². The summed E-state index contributed by atoms with van der Waals surface area (Å²) in [5.41, 5.74) is 2.86. The van der Waals surface area contributed by atoms with E-state index in [9.17, 15) is 9.59 Å². The average molecular weight is 380 g/mol. The highest BCUT2D eigenvalue weighted by atomic mass is 16.3. The van der Waals surface area contributed by atoms with Gasteiger partial charge in [-0.15, -0.1) is 0 Å². The summed E-state index contributed by atoms with van der Waals surface area (Å²) in [7, 11) is 0. The van der Waals surface area contributed by atoms with Crippen molar-refractivity contribution in [1.29, 1.82) is 0 Å². The van der Waals surface area contributed by atoms with Crippen molar-refractivity contribution in [3.05, 3.63) is 64.7 Å². The van der Waals surface area contributed by atoms with Crippen molar-refractivity contribution in [2.45, 2.75) is 46.0 Å². The maximum Gasteiger partial charge on any atom is 0.267 e. The van der Waals surface area contributed by atoms with E-state index in [1.54, 1.807) is 24.3 Å². The number of hydrogen-bond acceptors (Lipinski definition) is 3. The van der Waals surface area contributed by atoms with Gasteiger partial charge in [0.05, 0.1) is 6.26 Å². The zero-order valence-electron chi connectivity index (χ0n) is 16.6. The summed E-state index contributed by atoms with van der Waals surface area (Å²) in [5, 5.41) is 5.73. The fourth-order valence-corrected chi connectivity index (χ4v) is 3.47. The first-order chi connectivity index (χ1) is 13.5. The molecule has 0 saturated heterocycles. The predicted octanol–water partition coefficient (Wildman–Crippen LogP) is 4.36. The molecule has 1 heterocycles. The molecular weight excluding hydrogens is 352 g/mol. The molecule has 2 N–H and O–H groups in total. The van der Waals surface area contributed by atoms with Crippen molar-refractivity contribution >= 4 is 17.9 Å². The lowest BCUT2D eigenvalue weighted by atomic mass is 9.89. The van der Waals surface area contributed by atoms with Crippen LogP contribution >= 0.6 is 0 Å². The first kappa shape index (κ1) is 19.9. The van der Waals surface area contributed by atoms with Gasteiger partial charge in [-0.2, -0.15) is 0 Å². The van der Waals surface area contributed by atoms with Crippen molar-refractivity contribution in [2.24, 2.45) is 5.92 Å². The van der Waals surface area contributed by atoms with Crippen LogP contribution in [0.15, 0.2) is 46.7 Å². The smallest absolute Gasteiger partial charge is 0.267 e. The van der Waals surface area contributed by atoms with Gasteiger partial charge in [-0.3, -0.25) is 9.59 Å². The lowest BCUT2D eigenvalue weighted by Crippen LogP contribution is -2.37. The molecule has 0 radical (unpaired) electrons. The Morgan fingerprint density at radius 2 is 1.89 bits per heavy atom. The van der Waals surface area contributed by atoms with Crippen LogP contribution in [0.1, 0.15) is 59.3 Å². The van der Waals surface area contributed by atoms with E-state index in [-0.39, 0.29) is 17.5 Å². The predicted molar refractivity (Wildman–Crippen MR) is 110 cm³/mol. The molecule has 2 amide bonds. The first-order valence-electron chi connectivity index (χ1n) is 9.95. The number of carbonyl (C=O) groups excluding carboxylic acids is 2. The first-order valence-corrected chi connectivity index (χ1v) is 9.95. The molecule has 0 unspecified atom stereocenters. The van der Waals surface area contributed by atoms with Crippen LogP contribution in [0.5, 0.6) is 0 Å². The Kier molecular flexibility index (Phi) is 6.69. The number of nitrogens with one attached hydrogen (secondary N) is 2. The van der Waals surface area contributed by atoms with Crippen LogP contribution in [-0.2, 0) is 4.79 Å². The van der Waals surface area contributed by atoms with Crippen LogP contribution in [0.2, 0.25) is 0 Å². The molecule has 3 rings (SSSR count). The minimum Gasteiger partial charge on any atom is -0.465 e. The Balaban J connectivity index is 1.72. The van der Waals surface area contributed by atoms with Crippen LogP contribution in [0.3, 0.4) is 0 Å². The van der Waals surface area contributed by atoms with Gasteiger partial charge in [-0.25, -0.2) is 0 Å². The fourth-order valence-electron chi connectivity index (χ4n) is 3.47. The largest absolute Gasteiger partial charge is 0.465 e. The summed E-state index contributed by atoms with van der Waals surface area (Å²) in [5.74, 6) is 0.425. The number of furan rings is 1. The van der Waals surface area contributed by atoms with Crippen molar-refractivity contribution in [3.63, 3.8) is 0 Å². The molecule has 1 fully saturated rings. The number of aryl methyl sites for hydroxylation is 2. The third-order valence-electron chi connectivity index (χ3n) is 5.37. The minimum atomic E-state index is -0.311. The highest BCUT2D eigenvalue weighted by molar-refractivity contribution is 6.05. The monoisotopic (exact) mass is 380 g/mol. The van der Waals surface area contributed by atoms with Gasteiger partial charge in [0.1, 0.15) is 11.5 Å². The van der Waals surface area contributed by atoms with Gasteiger partial charge in [0.25, 0.3) is 11.8 Å². The molecule has 1 saturated carbocycles. The zero-order chi connectivity index (χ0) is 19.9. The highest BCUT2D eigenvalue weighted by Gasteiger charge is 2.18. The van der Waals surface area contributed by atoms with Gasteiger partial charge in [0.2, 0.25) is 0 Å². The van der Waals surface area contributed by atoms with Crippen molar-refractivity contribution < 1.29 is 14.0 Å². The van der Waals surface area contributed by atoms with E-state index >= 15 is 0 Å². The summed E-state index contributed by atoms with van der Waals surface area (Å²) in [6.45, 7) is 4.59. The number of amides is 2. The standard InChI is InChI=1S/C23H28N2O3/c1-16-10-11-19(13-17(16)2)22(26)25-21(14-20-9-6-12-28-20)23(27)24-15-18-7-4-3-5-8-18/h6,9-14,18H,3-5,7-8,15H2,1-2H3,(H,24,27)(H,25,26). The molecule has 5 heteroatoms. The molecule has 148 valence electrons. The van der Waals surface area contributed by atoms with E-state index in [2.05, 4.69) is 10.6 Å². The summed E-state index contributed by atoms with van der Waals surface area (Å²) < 4.78 is 5.32. The van der Waals surface area contributed by atoms with Crippen LogP contribution in [0.25, 0.3) is 6.08 Å². The summed E-state index contributed by atoms with van der Waals surface area (Å²) in [6, 6.07) is 8.99. The summed E-state index contributed by atoms with van der Waals surface area (Å²) in [4.78, 5) is 25.5. The van der Waals surface area contributed by atoms with Crippen molar-refractivity contribution in [2.75, 3.05) is 6.54 Å². The number of carbonyl (C=O) groups is 2. The second kappa shape index (κ2) is 9.40. The van der Waals surface area contributed by atoms with Crippen LogP contribution in [0.4, 0.5) is 0 Å². The lowest BCUT2D eigenvalue weighted by Gasteiger charge is -2.22. The molecule has 5 nitrogen and oxygen atoms in total. The highest BCUT2D eigenvalue weighted by Crippen LogP contribution is 2.22. The molecule has 2 aromatic rings. The molecule has 1 aromatic carbocycles. The molecule has 0 aliphatic heterocycles. The normalized spacial score (nSPS) is 15.3. The second-order valence-electron chi connectivity index (χ2n) is 7.54.